The van der Waals surface area contributed by atoms with Crippen molar-refractivity contribution in [3.05, 3.63) is 34.9 Å². The maximum Gasteiger partial charge on any atom is 0.325 e. The van der Waals surface area contributed by atoms with Gasteiger partial charge in [0.1, 0.15) is 12.1 Å². The van der Waals surface area contributed by atoms with Crippen LogP contribution in [0.15, 0.2) is 24.3 Å². The van der Waals surface area contributed by atoms with Gasteiger partial charge in [0.05, 0.1) is 0 Å². The molecular formula is C14H16ClN3O3. The number of urea groups is 1. The fourth-order valence-electron chi connectivity index (χ4n) is 2.00. The number of rotatable bonds is 4. The van der Waals surface area contributed by atoms with Crippen molar-refractivity contribution in [1.82, 2.24) is 15.5 Å². The number of amides is 4. The van der Waals surface area contributed by atoms with E-state index < -0.39 is 23.4 Å². The Labute approximate surface area is 127 Å². The van der Waals surface area contributed by atoms with E-state index in [4.69, 9.17) is 11.6 Å². The van der Waals surface area contributed by atoms with Gasteiger partial charge in [0, 0.05) is 11.6 Å². The van der Waals surface area contributed by atoms with Crippen LogP contribution in [0.5, 0.6) is 0 Å². The highest BCUT2D eigenvalue weighted by atomic mass is 35.5. The standard InChI is InChI=1S/C14H16ClN3O3/c1-14(2)12(20)18(13(21)17-14)8-11(19)16-7-9-5-3-4-6-10(9)15/h3-6H,7-8H2,1-2H3,(H,16,19)(H,17,21). The van der Waals surface area contributed by atoms with E-state index in [1.54, 1.807) is 32.0 Å². The molecule has 0 radical (unpaired) electrons. The van der Waals surface area contributed by atoms with Crippen LogP contribution in [0.1, 0.15) is 19.4 Å². The summed E-state index contributed by atoms with van der Waals surface area (Å²) >= 11 is 5.98. The fraction of sp³-hybridized carbons (Fsp3) is 0.357. The Morgan fingerprint density at radius 2 is 2.00 bits per heavy atom. The third kappa shape index (κ3) is 3.33. The van der Waals surface area contributed by atoms with E-state index in [1.807, 2.05) is 6.07 Å². The molecular weight excluding hydrogens is 294 g/mol. The maximum atomic E-state index is 11.9. The zero-order valence-corrected chi connectivity index (χ0v) is 12.5. The van der Waals surface area contributed by atoms with Crippen LogP contribution in [-0.4, -0.2) is 34.8 Å². The zero-order valence-electron chi connectivity index (χ0n) is 11.8. The van der Waals surface area contributed by atoms with E-state index in [2.05, 4.69) is 10.6 Å². The van der Waals surface area contributed by atoms with Gasteiger partial charge in [-0.1, -0.05) is 29.8 Å². The number of halogens is 1. The Bertz CT molecular complexity index is 601. The van der Waals surface area contributed by atoms with E-state index >= 15 is 0 Å². The molecule has 0 bridgehead atoms. The van der Waals surface area contributed by atoms with E-state index in [9.17, 15) is 14.4 Å². The molecule has 7 heteroatoms. The predicted molar refractivity (Wildman–Crippen MR) is 77.6 cm³/mol. The zero-order chi connectivity index (χ0) is 15.6. The first kappa shape index (κ1) is 15.3. The summed E-state index contributed by atoms with van der Waals surface area (Å²) in [4.78, 5) is 36.4. The minimum Gasteiger partial charge on any atom is -0.350 e. The number of hydrogen-bond donors (Lipinski definition) is 2. The molecule has 1 aromatic rings. The molecule has 1 aliphatic heterocycles. The van der Waals surface area contributed by atoms with Crippen molar-refractivity contribution in [2.75, 3.05) is 6.54 Å². The molecule has 1 heterocycles. The number of carbonyl (C=O) groups is 3. The van der Waals surface area contributed by atoms with E-state index in [-0.39, 0.29) is 13.1 Å². The summed E-state index contributed by atoms with van der Waals surface area (Å²) in [7, 11) is 0. The Kier molecular flexibility index (Phi) is 4.18. The number of nitrogens with zero attached hydrogens (tertiary/aromatic N) is 1. The lowest BCUT2D eigenvalue weighted by Gasteiger charge is -2.15. The van der Waals surface area contributed by atoms with Crippen LogP contribution >= 0.6 is 11.6 Å². The van der Waals surface area contributed by atoms with Crippen molar-refractivity contribution in [2.24, 2.45) is 0 Å². The van der Waals surface area contributed by atoms with Crippen LogP contribution in [0.2, 0.25) is 5.02 Å². The molecule has 0 atom stereocenters. The van der Waals surface area contributed by atoms with Crippen molar-refractivity contribution in [2.45, 2.75) is 25.9 Å². The SMILES string of the molecule is CC1(C)NC(=O)N(CC(=O)NCc2ccccc2Cl)C1=O. The lowest BCUT2D eigenvalue weighted by atomic mass is 10.1. The summed E-state index contributed by atoms with van der Waals surface area (Å²) in [6.07, 6.45) is 0. The second-order valence-corrected chi connectivity index (χ2v) is 5.72. The highest BCUT2D eigenvalue weighted by molar-refractivity contribution is 6.31. The van der Waals surface area contributed by atoms with Crippen LogP contribution < -0.4 is 10.6 Å². The van der Waals surface area contributed by atoms with Crippen molar-refractivity contribution in [1.29, 1.82) is 0 Å². The number of imide groups is 1. The third-order valence-electron chi connectivity index (χ3n) is 3.18. The summed E-state index contributed by atoms with van der Waals surface area (Å²) in [6.45, 7) is 3.12. The van der Waals surface area contributed by atoms with Crippen LogP contribution in [-0.2, 0) is 16.1 Å². The third-order valence-corrected chi connectivity index (χ3v) is 3.55. The van der Waals surface area contributed by atoms with Gasteiger partial charge in [0.15, 0.2) is 0 Å². The first-order valence-corrected chi connectivity index (χ1v) is 6.83. The first-order valence-electron chi connectivity index (χ1n) is 6.45. The molecule has 2 rings (SSSR count). The van der Waals surface area contributed by atoms with Gasteiger partial charge in [-0.3, -0.25) is 14.5 Å². The first-order chi connectivity index (χ1) is 9.81. The summed E-state index contributed by atoms with van der Waals surface area (Å²) in [5, 5.41) is 5.71. The van der Waals surface area contributed by atoms with Crippen molar-refractivity contribution < 1.29 is 14.4 Å². The molecule has 0 spiro atoms. The highest BCUT2D eigenvalue weighted by Gasteiger charge is 2.44. The second-order valence-electron chi connectivity index (χ2n) is 5.31. The average Bonchev–Trinajstić information content (AvgIpc) is 2.60. The minimum atomic E-state index is -0.972. The highest BCUT2D eigenvalue weighted by Crippen LogP contribution is 2.16. The molecule has 1 aromatic carbocycles. The van der Waals surface area contributed by atoms with Crippen LogP contribution in [0, 0.1) is 0 Å². The van der Waals surface area contributed by atoms with Gasteiger partial charge in [0.2, 0.25) is 5.91 Å². The van der Waals surface area contributed by atoms with Gasteiger partial charge < -0.3 is 10.6 Å². The molecule has 112 valence electrons. The van der Waals surface area contributed by atoms with Crippen molar-refractivity contribution in [3.8, 4) is 0 Å². The molecule has 1 saturated heterocycles. The van der Waals surface area contributed by atoms with E-state index in [0.29, 0.717) is 5.02 Å². The van der Waals surface area contributed by atoms with Gasteiger partial charge in [-0.25, -0.2) is 4.79 Å². The molecule has 2 N–H and O–H groups in total. The summed E-state index contributed by atoms with van der Waals surface area (Å²) in [5.74, 6) is -0.837. The van der Waals surface area contributed by atoms with Gasteiger partial charge >= 0.3 is 6.03 Å². The molecule has 21 heavy (non-hydrogen) atoms. The second kappa shape index (κ2) is 5.73. The number of carbonyl (C=O) groups excluding carboxylic acids is 3. The molecule has 0 saturated carbocycles. The van der Waals surface area contributed by atoms with Gasteiger partial charge in [-0.2, -0.15) is 0 Å². The Morgan fingerprint density at radius 1 is 1.33 bits per heavy atom. The minimum absolute atomic E-state index is 0.242. The number of nitrogens with one attached hydrogen (secondary N) is 2. The van der Waals surface area contributed by atoms with E-state index in [0.717, 1.165) is 10.5 Å². The normalized spacial score (nSPS) is 16.8. The summed E-state index contributed by atoms with van der Waals surface area (Å²) < 4.78 is 0. The summed E-state index contributed by atoms with van der Waals surface area (Å²) in [6, 6.07) is 6.57. The molecule has 4 amide bonds. The van der Waals surface area contributed by atoms with Crippen molar-refractivity contribution >= 4 is 29.4 Å². The van der Waals surface area contributed by atoms with Crippen LogP contribution in [0.25, 0.3) is 0 Å². The largest absolute Gasteiger partial charge is 0.350 e. The van der Waals surface area contributed by atoms with Gasteiger partial charge in [-0.15, -0.1) is 0 Å². The van der Waals surface area contributed by atoms with E-state index in [1.165, 1.54) is 0 Å². The molecule has 1 fully saturated rings. The van der Waals surface area contributed by atoms with Crippen LogP contribution in [0.4, 0.5) is 4.79 Å². The monoisotopic (exact) mass is 309 g/mol. The van der Waals surface area contributed by atoms with Crippen LogP contribution in [0.3, 0.4) is 0 Å². The smallest absolute Gasteiger partial charge is 0.325 e. The molecule has 6 nitrogen and oxygen atoms in total. The molecule has 1 aliphatic rings. The Balaban J connectivity index is 1.93. The molecule has 0 aromatic heterocycles. The molecule has 0 aliphatic carbocycles. The quantitative estimate of drug-likeness (QED) is 0.823. The molecule has 0 unspecified atom stereocenters. The fourth-order valence-corrected chi connectivity index (χ4v) is 2.20. The number of hydrogen-bond acceptors (Lipinski definition) is 3. The Morgan fingerprint density at radius 3 is 2.57 bits per heavy atom. The number of benzene rings is 1. The van der Waals surface area contributed by atoms with Gasteiger partial charge in [-0.05, 0) is 25.5 Å². The van der Waals surface area contributed by atoms with Gasteiger partial charge in [0.25, 0.3) is 5.91 Å². The maximum absolute atomic E-state index is 11.9. The Hall–Kier alpha value is -2.08. The average molecular weight is 310 g/mol. The lowest BCUT2D eigenvalue weighted by molar-refractivity contribution is -0.134. The lowest BCUT2D eigenvalue weighted by Crippen LogP contribution is -2.43. The van der Waals surface area contributed by atoms with Crippen molar-refractivity contribution in [3.63, 3.8) is 0 Å². The predicted octanol–water partition coefficient (Wildman–Crippen LogP) is 1.29. The summed E-state index contributed by atoms with van der Waals surface area (Å²) in [5.41, 5.74) is -0.204. The topological polar surface area (TPSA) is 78.5 Å².